The first-order valence-electron chi connectivity index (χ1n) is 6.82. The van der Waals surface area contributed by atoms with Crippen LogP contribution in [0.2, 0.25) is 0 Å². The Morgan fingerprint density at radius 3 is 2.82 bits per heavy atom. The number of piperidine rings is 1. The van der Waals surface area contributed by atoms with E-state index in [0.29, 0.717) is 11.8 Å². The van der Waals surface area contributed by atoms with Crippen molar-refractivity contribution in [2.24, 2.45) is 13.0 Å². The topological polar surface area (TPSA) is 29.9 Å². The van der Waals surface area contributed by atoms with Crippen molar-refractivity contribution < 1.29 is 0 Å². The number of rotatable bonds is 3. The molecular formula is C14H25N3. The van der Waals surface area contributed by atoms with Crippen LogP contribution in [-0.2, 0) is 13.5 Å². The molecule has 96 valence electrons. The summed E-state index contributed by atoms with van der Waals surface area (Å²) in [6.45, 7) is 9.01. The summed E-state index contributed by atoms with van der Waals surface area (Å²) in [5, 5.41) is 8.14. The van der Waals surface area contributed by atoms with E-state index in [1.54, 1.807) is 0 Å². The molecule has 1 aromatic rings. The SMILES string of the molecule is Cc1nn(C)c(C2CCCNC2)c1CC(C)C. The van der Waals surface area contributed by atoms with Crippen LogP contribution in [0, 0.1) is 12.8 Å². The number of hydrogen-bond acceptors (Lipinski definition) is 2. The van der Waals surface area contributed by atoms with E-state index in [1.807, 2.05) is 0 Å². The van der Waals surface area contributed by atoms with Crippen molar-refractivity contribution in [3.63, 3.8) is 0 Å². The van der Waals surface area contributed by atoms with E-state index in [0.717, 1.165) is 13.0 Å². The van der Waals surface area contributed by atoms with E-state index in [9.17, 15) is 0 Å². The molecule has 2 heterocycles. The highest BCUT2D eigenvalue weighted by atomic mass is 15.3. The lowest BCUT2D eigenvalue weighted by molar-refractivity contribution is 0.437. The summed E-state index contributed by atoms with van der Waals surface area (Å²) in [7, 11) is 2.10. The maximum Gasteiger partial charge on any atom is 0.0628 e. The monoisotopic (exact) mass is 235 g/mol. The highest BCUT2D eigenvalue weighted by molar-refractivity contribution is 5.29. The average molecular weight is 235 g/mol. The number of nitrogens with zero attached hydrogens (tertiary/aromatic N) is 2. The first-order valence-corrected chi connectivity index (χ1v) is 6.82. The van der Waals surface area contributed by atoms with Gasteiger partial charge in [0.2, 0.25) is 0 Å². The second kappa shape index (κ2) is 5.21. The van der Waals surface area contributed by atoms with E-state index in [1.165, 1.54) is 36.3 Å². The van der Waals surface area contributed by atoms with Gasteiger partial charge in [0, 0.05) is 25.2 Å². The highest BCUT2D eigenvalue weighted by Crippen LogP contribution is 2.29. The molecule has 0 amide bonds. The van der Waals surface area contributed by atoms with Crippen LogP contribution < -0.4 is 5.32 Å². The molecule has 0 aliphatic carbocycles. The van der Waals surface area contributed by atoms with Gasteiger partial charge in [-0.25, -0.2) is 0 Å². The van der Waals surface area contributed by atoms with E-state index >= 15 is 0 Å². The van der Waals surface area contributed by atoms with Crippen LogP contribution in [0.3, 0.4) is 0 Å². The predicted octanol–water partition coefficient (Wildman–Crippen LogP) is 2.39. The van der Waals surface area contributed by atoms with Crippen molar-refractivity contribution in [3.8, 4) is 0 Å². The Balaban J connectivity index is 2.29. The fraction of sp³-hybridized carbons (Fsp3) is 0.786. The molecule has 1 saturated heterocycles. The molecule has 3 heteroatoms. The number of aromatic nitrogens is 2. The van der Waals surface area contributed by atoms with Crippen LogP contribution in [0.4, 0.5) is 0 Å². The Morgan fingerprint density at radius 1 is 1.47 bits per heavy atom. The van der Waals surface area contributed by atoms with Gasteiger partial charge in [-0.3, -0.25) is 4.68 Å². The van der Waals surface area contributed by atoms with E-state index in [-0.39, 0.29) is 0 Å². The van der Waals surface area contributed by atoms with Crippen molar-refractivity contribution in [2.45, 2.75) is 46.0 Å². The van der Waals surface area contributed by atoms with Crippen molar-refractivity contribution in [1.29, 1.82) is 0 Å². The predicted molar refractivity (Wildman–Crippen MR) is 71.3 cm³/mol. The fourth-order valence-corrected chi connectivity index (χ4v) is 2.98. The smallest absolute Gasteiger partial charge is 0.0628 e. The molecular weight excluding hydrogens is 210 g/mol. The molecule has 1 atom stereocenters. The normalized spacial score (nSPS) is 21.1. The van der Waals surface area contributed by atoms with Crippen LogP contribution in [0.5, 0.6) is 0 Å². The summed E-state index contributed by atoms with van der Waals surface area (Å²) < 4.78 is 2.12. The van der Waals surface area contributed by atoms with Crippen LogP contribution in [0.1, 0.15) is 49.6 Å². The van der Waals surface area contributed by atoms with Crippen LogP contribution >= 0.6 is 0 Å². The Bertz CT molecular complexity index is 373. The van der Waals surface area contributed by atoms with Gasteiger partial charge in [0.15, 0.2) is 0 Å². The summed E-state index contributed by atoms with van der Waals surface area (Å²) >= 11 is 0. The van der Waals surface area contributed by atoms with Gasteiger partial charge in [-0.05, 0) is 44.2 Å². The molecule has 1 N–H and O–H groups in total. The zero-order valence-corrected chi connectivity index (χ0v) is 11.6. The molecule has 1 aliphatic rings. The first-order chi connectivity index (χ1) is 8.09. The zero-order chi connectivity index (χ0) is 12.4. The van der Waals surface area contributed by atoms with Gasteiger partial charge in [-0.1, -0.05) is 13.8 Å². The Morgan fingerprint density at radius 2 is 2.24 bits per heavy atom. The number of hydrogen-bond donors (Lipinski definition) is 1. The second-order valence-electron chi connectivity index (χ2n) is 5.71. The van der Waals surface area contributed by atoms with Gasteiger partial charge in [0.25, 0.3) is 0 Å². The minimum atomic E-state index is 0.656. The summed E-state index contributed by atoms with van der Waals surface area (Å²) in [6.07, 6.45) is 3.75. The minimum absolute atomic E-state index is 0.656. The van der Waals surface area contributed by atoms with Gasteiger partial charge in [-0.2, -0.15) is 5.10 Å². The molecule has 1 unspecified atom stereocenters. The molecule has 3 nitrogen and oxygen atoms in total. The van der Waals surface area contributed by atoms with Crippen molar-refractivity contribution in [3.05, 3.63) is 17.0 Å². The van der Waals surface area contributed by atoms with Crippen molar-refractivity contribution >= 4 is 0 Å². The van der Waals surface area contributed by atoms with Gasteiger partial charge < -0.3 is 5.32 Å². The molecule has 0 spiro atoms. The molecule has 0 radical (unpaired) electrons. The quantitative estimate of drug-likeness (QED) is 0.872. The maximum absolute atomic E-state index is 4.63. The van der Waals surface area contributed by atoms with Gasteiger partial charge >= 0.3 is 0 Å². The lowest BCUT2D eigenvalue weighted by Crippen LogP contribution is -2.30. The highest BCUT2D eigenvalue weighted by Gasteiger charge is 2.23. The first kappa shape index (κ1) is 12.6. The third-order valence-electron chi connectivity index (χ3n) is 3.69. The van der Waals surface area contributed by atoms with Crippen LogP contribution in [-0.4, -0.2) is 22.9 Å². The maximum atomic E-state index is 4.63. The fourth-order valence-electron chi connectivity index (χ4n) is 2.98. The Kier molecular flexibility index (Phi) is 3.87. The largest absolute Gasteiger partial charge is 0.316 e. The summed E-state index contributed by atoms with van der Waals surface area (Å²) in [6, 6.07) is 0. The summed E-state index contributed by atoms with van der Waals surface area (Å²) in [5.74, 6) is 1.36. The molecule has 2 rings (SSSR count). The molecule has 0 saturated carbocycles. The van der Waals surface area contributed by atoms with Gasteiger partial charge in [-0.15, -0.1) is 0 Å². The Labute approximate surface area is 105 Å². The third-order valence-corrected chi connectivity index (χ3v) is 3.69. The van der Waals surface area contributed by atoms with E-state index in [4.69, 9.17) is 0 Å². The molecule has 1 aliphatic heterocycles. The molecule has 0 aromatic carbocycles. The molecule has 1 fully saturated rings. The number of aryl methyl sites for hydroxylation is 2. The average Bonchev–Trinajstić information content (AvgIpc) is 2.54. The standard InChI is InChI=1S/C14H25N3/c1-10(2)8-13-11(3)16-17(4)14(13)12-6-5-7-15-9-12/h10,12,15H,5-9H2,1-4H3. The van der Waals surface area contributed by atoms with Crippen molar-refractivity contribution in [1.82, 2.24) is 15.1 Å². The lowest BCUT2D eigenvalue weighted by atomic mass is 9.90. The lowest BCUT2D eigenvalue weighted by Gasteiger charge is -2.24. The van der Waals surface area contributed by atoms with Crippen LogP contribution in [0.15, 0.2) is 0 Å². The summed E-state index contributed by atoms with van der Waals surface area (Å²) in [5.41, 5.74) is 4.20. The molecule has 1 aromatic heterocycles. The second-order valence-corrected chi connectivity index (χ2v) is 5.71. The van der Waals surface area contributed by atoms with Gasteiger partial charge in [0.05, 0.1) is 5.69 Å². The Hall–Kier alpha value is -0.830. The van der Waals surface area contributed by atoms with E-state index in [2.05, 4.69) is 42.9 Å². The summed E-state index contributed by atoms with van der Waals surface area (Å²) in [4.78, 5) is 0. The number of nitrogens with one attached hydrogen (secondary N) is 1. The minimum Gasteiger partial charge on any atom is -0.316 e. The van der Waals surface area contributed by atoms with E-state index < -0.39 is 0 Å². The molecule has 17 heavy (non-hydrogen) atoms. The zero-order valence-electron chi connectivity index (χ0n) is 11.6. The van der Waals surface area contributed by atoms with Crippen molar-refractivity contribution in [2.75, 3.05) is 13.1 Å². The molecule has 0 bridgehead atoms. The third kappa shape index (κ3) is 2.71. The van der Waals surface area contributed by atoms with Crippen LogP contribution in [0.25, 0.3) is 0 Å². The van der Waals surface area contributed by atoms with Gasteiger partial charge in [0.1, 0.15) is 0 Å².